The highest BCUT2D eigenvalue weighted by molar-refractivity contribution is 7.09. The monoisotopic (exact) mass is 304 g/mol. The molecule has 0 aliphatic rings. The lowest BCUT2D eigenvalue weighted by Crippen LogP contribution is -2.23. The van der Waals surface area contributed by atoms with E-state index in [0.717, 1.165) is 16.7 Å². The average Bonchev–Trinajstić information content (AvgIpc) is 2.75. The summed E-state index contributed by atoms with van der Waals surface area (Å²) in [5, 5.41) is 1.26. The normalized spacial score (nSPS) is 11.7. The fourth-order valence-electron chi connectivity index (χ4n) is 1.54. The van der Waals surface area contributed by atoms with Gasteiger partial charge in [-0.2, -0.15) is 13.2 Å². The maximum absolute atomic E-state index is 12.4. The van der Waals surface area contributed by atoms with Crippen LogP contribution in [0.4, 0.5) is 19.1 Å². The Morgan fingerprint density at radius 2 is 2.10 bits per heavy atom. The van der Waals surface area contributed by atoms with E-state index in [1.165, 1.54) is 11.0 Å². The number of hydrogen-bond donors (Lipinski definition) is 1. The minimum Gasteiger partial charge on any atom is -0.339 e. The third-order valence-corrected chi connectivity index (χ3v) is 3.27. The zero-order valence-electron chi connectivity index (χ0n) is 10.7. The smallest absolute Gasteiger partial charge is 0.339 e. The minimum atomic E-state index is -4.44. The number of thiazole rings is 1. The molecule has 0 bridgehead atoms. The van der Waals surface area contributed by atoms with Crippen LogP contribution < -0.4 is 10.5 Å². The van der Waals surface area contributed by atoms with Crippen LogP contribution in [-0.2, 0) is 12.7 Å². The quantitative estimate of drug-likeness (QED) is 0.944. The van der Waals surface area contributed by atoms with Crippen LogP contribution in [0.15, 0.2) is 16.2 Å². The number of alkyl halides is 3. The third kappa shape index (κ3) is 3.35. The van der Waals surface area contributed by atoms with Crippen molar-refractivity contribution in [2.75, 3.05) is 11.9 Å². The third-order valence-electron chi connectivity index (χ3n) is 2.43. The Hall–Kier alpha value is -1.90. The molecule has 108 valence electrons. The lowest BCUT2D eigenvalue weighted by molar-refractivity contribution is -0.140. The molecule has 0 aliphatic heterocycles. The molecule has 0 fully saturated rings. The number of nitrogens with zero attached hydrogens (tertiary/aromatic N) is 3. The number of H-pyrrole nitrogens is 1. The first-order valence-corrected chi connectivity index (χ1v) is 6.44. The lowest BCUT2D eigenvalue weighted by atomic mass is 10.4. The van der Waals surface area contributed by atoms with Crippen molar-refractivity contribution in [2.24, 2.45) is 0 Å². The van der Waals surface area contributed by atoms with Crippen LogP contribution in [0.5, 0.6) is 0 Å². The van der Waals surface area contributed by atoms with Gasteiger partial charge in [-0.25, -0.2) is 9.97 Å². The van der Waals surface area contributed by atoms with E-state index in [1.807, 2.05) is 0 Å². The Labute approximate surface area is 116 Å². The molecule has 20 heavy (non-hydrogen) atoms. The largest absolute Gasteiger partial charge is 0.434 e. The standard InChI is InChI=1S/C11H11F3N4OS/c1-6-3-8(19)17-10(15-6)18(2)4-9-16-7(5-20-9)11(12,13)14/h3,5H,4H2,1-2H3,(H,15,17,19). The van der Waals surface area contributed by atoms with Gasteiger partial charge in [0.1, 0.15) is 5.01 Å². The predicted octanol–water partition coefficient (Wildman–Crippen LogP) is 2.19. The summed E-state index contributed by atoms with van der Waals surface area (Å²) in [6.45, 7) is 1.80. The van der Waals surface area contributed by atoms with Crippen molar-refractivity contribution < 1.29 is 13.2 Å². The van der Waals surface area contributed by atoms with E-state index in [1.54, 1.807) is 14.0 Å². The van der Waals surface area contributed by atoms with Gasteiger partial charge in [0.15, 0.2) is 5.69 Å². The molecule has 0 aromatic carbocycles. The first kappa shape index (κ1) is 14.5. The van der Waals surface area contributed by atoms with E-state index >= 15 is 0 Å². The van der Waals surface area contributed by atoms with Crippen LogP contribution >= 0.6 is 11.3 Å². The molecular formula is C11H11F3N4OS. The first-order chi connectivity index (χ1) is 9.25. The molecule has 2 aromatic rings. The van der Waals surface area contributed by atoms with Crippen molar-refractivity contribution in [2.45, 2.75) is 19.6 Å². The van der Waals surface area contributed by atoms with Gasteiger partial charge in [0.05, 0.1) is 6.54 Å². The molecule has 0 unspecified atom stereocenters. The zero-order chi connectivity index (χ0) is 14.9. The van der Waals surface area contributed by atoms with Gasteiger partial charge in [-0.05, 0) is 6.92 Å². The molecule has 1 N–H and O–H groups in total. The van der Waals surface area contributed by atoms with E-state index in [2.05, 4.69) is 15.0 Å². The van der Waals surface area contributed by atoms with Gasteiger partial charge in [-0.15, -0.1) is 11.3 Å². The molecule has 0 amide bonds. The maximum atomic E-state index is 12.4. The number of anilines is 1. The Bertz CT molecular complexity index is 664. The van der Waals surface area contributed by atoms with E-state index in [9.17, 15) is 18.0 Å². The summed E-state index contributed by atoms with van der Waals surface area (Å²) in [6.07, 6.45) is -4.44. The van der Waals surface area contributed by atoms with Gasteiger partial charge in [0, 0.05) is 24.2 Å². The summed E-state index contributed by atoms with van der Waals surface area (Å²) in [5.74, 6) is 0.291. The second kappa shape index (κ2) is 5.23. The topological polar surface area (TPSA) is 61.9 Å². The highest BCUT2D eigenvalue weighted by Crippen LogP contribution is 2.30. The Balaban J connectivity index is 2.17. The number of nitrogens with one attached hydrogen (secondary N) is 1. The molecule has 0 saturated heterocycles. The molecule has 0 radical (unpaired) electrons. The van der Waals surface area contributed by atoms with Crippen LogP contribution in [0.25, 0.3) is 0 Å². The summed E-state index contributed by atoms with van der Waals surface area (Å²) in [6, 6.07) is 1.34. The van der Waals surface area contributed by atoms with Crippen LogP contribution in [0, 0.1) is 6.92 Å². The van der Waals surface area contributed by atoms with E-state index in [0.29, 0.717) is 16.6 Å². The van der Waals surface area contributed by atoms with Gasteiger partial charge in [0.25, 0.3) is 5.56 Å². The first-order valence-electron chi connectivity index (χ1n) is 5.56. The number of aromatic nitrogens is 3. The van der Waals surface area contributed by atoms with E-state index < -0.39 is 11.9 Å². The number of halogens is 3. The SMILES string of the molecule is Cc1cc(=O)[nH]c(N(C)Cc2nc(C(F)(F)F)cs2)n1. The van der Waals surface area contributed by atoms with Gasteiger partial charge in [0.2, 0.25) is 5.95 Å². The highest BCUT2D eigenvalue weighted by Gasteiger charge is 2.33. The molecule has 5 nitrogen and oxygen atoms in total. The fraction of sp³-hybridized carbons (Fsp3) is 0.364. The van der Waals surface area contributed by atoms with Crippen LogP contribution in [0.3, 0.4) is 0 Å². The van der Waals surface area contributed by atoms with E-state index in [4.69, 9.17) is 0 Å². The van der Waals surface area contributed by atoms with Gasteiger partial charge in [-0.3, -0.25) is 9.78 Å². The number of aryl methyl sites for hydroxylation is 1. The minimum absolute atomic E-state index is 0.132. The van der Waals surface area contributed by atoms with Crippen molar-refractivity contribution in [1.29, 1.82) is 0 Å². The highest BCUT2D eigenvalue weighted by atomic mass is 32.1. The molecule has 0 atom stereocenters. The van der Waals surface area contributed by atoms with E-state index in [-0.39, 0.29) is 12.1 Å². The number of rotatable bonds is 3. The molecule has 0 spiro atoms. The van der Waals surface area contributed by atoms with Crippen LogP contribution in [0.1, 0.15) is 16.4 Å². The molecule has 2 rings (SSSR count). The molecular weight excluding hydrogens is 293 g/mol. The van der Waals surface area contributed by atoms with Crippen molar-refractivity contribution in [3.63, 3.8) is 0 Å². The Morgan fingerprint density at radius 1 is 1.40 bits per heavy atom. The Morgan fingerprint density at radius 3 is 2.65 bits per heavy atom. The summed E-state index contributed by atoms with van der Waals surface area (Å²) < 4.78 is 37.3. The second-order valence-electron chi connectivity index (χ2n) is 4.19. The summed E-state index contributed by atoms with van der Waals surface area (Å²) in [4.78, 5) is 23.0. The molecule has 2 heterocycles. The fourth-order valence-corrected chi connectivity index (χ4v) is 2.39. The predicted molar refractivity (Wildman–Crippen MR) is 68.8 cm³/mol. The summed E-state index contributed by atoms with van der Waals surface area (Å²) >= 11 is 0.915. The number of aromatic amines is 1. The van der Waals surface area contributed by atoms with Crippen LogP contribution in [-0.4, -0.2) is 22.0 Å². The molecule has 0 saturated carbocycles. The molecule has 2 aromatic heterocycles. The zero-order valence-corrected chi connectivity index (χ0v) is 11.5. The summed E-state index contributed by atoms with van der Waals surface area (Å²) in [7, 11) is 1.62. The van der Waals surface area contributed by atoms with Gasteiger partial charge < -0.3 is 4.90 Å². The van der Waals surface area contributed by atoms with Gasteiger partial charge in [-0.1, -0.05) is 0 Å². The van der Waals surface area contributed by atoms with Gasteiger partial charge >= 0.3 is 6.18 Å². The van der Waals surface area contributed by atoms with Crippen molar-refractivity contribution >= 4 is 17.3 Å². The maximum Gasteiger partial charge on any atom is 0.434 e. The Kier molecular flexibility index (Phi) is 3.80. The lowest BCUT2D eigenvalue weighted by Gasteiger charge is -2.16. The second-order valence-corrected chi connectivity index (χ2v) is 5.13. The number of hydrogen-bond acceptors (Lipinski definition) is 5. The molecule has 0 aliphatic carbocycles. The molecule has 9 heteroatoms. The van der Waals surface area contributed by atoms with Crippen molar-refractivity contribution in [1.82, 2.24) is 15.0 Å². The van der Waals surface area contributed by atoms with Crippen molar-refractivity contribution in [3.05, 3.63) is 38.2 Å². The van der Waals surface area contributed by atoms with Crippen molar-refractivity contribution in [3.8, 4) is 0 Å². The average molecular weight is 304 g/mol. The van der Waals surface area contributed by atoms with Crippen LogP contribution in [0.2, 0.25) is 0 Å². The summed E-state index contributed by atoms with van der Waals surface area (Å²) in [5.41, 5.74) is -0.684.